The second-order valence-electron chi connectivity index (χ2n) is 7.40. The van der Waals surface area contributed by atoms with Gasteiger partial charge in [-0.3, -0.25) is 4.57 Å². The zero-order chi connectivity index (χ0) is 21.6. The van der Waals surface area contributed by atoms with E-state index in [9.17, 15) is 0 Å². The molecule has 3 aromatic rings. The van der Waals surface area contributed by atoms with Crippen molar-refractivity contribution >= 4 is 23.4 Å². The molecule has 4 rings (SSSR count). The molecule has 2 heterocycles. The third-order valence-corrected chi connectivity index (χ3v) is 6.66. The first kappa shape index (κ1) is 22.0. The van der Waals surface area contributed by atoms with Gasteiger partial charge in [0.05, 0.1) is 18.9 Å². The van der Waals surface area contributed by atoms with E-state index in [4.69, 9.17) is 25.8 Å². The van der Waals surface area contributed by atoms with Crippen LogP contribution in [0.3, 0.4) is 0 Å². The highest BCUT2D eigenvalue weighted by Gasteiger charge is 2.20. The lowest BCUT2D eigenvalue weighted by Gasteiger charge is -2.13. The minimum atomic E-state index is 0.291. The van der Waals surface area contributed by atoms with Crippen LogP contribution in [0.15, 0.2) is 47.6 Å². The van der Waals surface area contributed by atoms with Crippen LogP contribution in [0.4, 0.5) is 0 Å². The highest BCUT2D eigenvalue weighted by atomic mass is 35.5. The van der Waals surface area contributed by atoms with Crippen LogP contribution in [0.1, 0.15) is 24.7 Å². The van der Waals surface area contributed by atoms with Gasteiger partial charge in [-0.05, 0) is 68.1 Å². The van der Waals surface area contributed by atoms with Gasteiger partial charge in [0, 0.05) is 17.4 Å². The standard InChI is InChI=1S/C23H26ClN3O3S/c1-3-29-19-6-8-20(9-7-19)30-14-22-25-26-23(31-15-17-10-11-28-13-17)27(22)18-5-4-16(2)21(24)12-18/h4-9,12,17H,3,10-11,13-15H2,1-2H3. The summed E-state index contributed by atoms with van der Waals surface area (Å²) in [6, 6.07) is 13.6. The number of hydrogen-bond acceptors (Lipinski definition) is 6. The molecule has 1 aliphatic rings. The average molecular weight is 460 g/mol. The van der Waals surface area contributed by atoms with Crippen LogP contribution in [0.5, 0.6) is 11.5 Å². The lowest BCUT2D eigenvalue weighted by atomic mass is 10.2. The number of aromatic nitrogens is 3. The van der Waals surface area contributed by atoms with E-state index in [0.717, 1.165) is 59.1 Å². The van der Waals surface area contributed by atoms with Gasteiger partial charge in [0.25, 0.3) is 0 Å². The van der Waals surface area contributed by atoms with Crippen molar-refractivity contribution in [2.45, 2.75) is 32.0 Å². The van der Waals surface area contributed by atoms with Gasteiger partial charge in [0.15, 0.2) is 11.0 Å². The fraction of sp³-hybridized carbons (Fsp3) is 0.391. The molecular weight excluding hydrogens is 434 g/mol. The summed E-state index contributed by atoms with van der Waals surface area (Å²) in [7, 11) is 0. The molecule has 1 aromatic heterocycles. The summed E-state index contributed by atoms with van der Waals surface area (Å²) >= 11 is 8.10. The van der Waals surface area contributed by atoms with Crippen molar-refractivity contribution in [2.24, 2.45) is 5.92 Å². The normalized spacial score (nSPS) is 15.9. The van der Waals surface area contributed by atoms with E-state index < -0.39 is 0 Å². The molecule has 8 heteroatoms. The number of hydrogen-bond donors (Lipinski definition) is 0. The van der Waals surface area contributed by atoms with Crippen LogP contribution >= 0.6 is 23.4 Å². The molecule has 164 valence electrons. The van der Waals surface area contributed by atoms with E-state index >= 15 is 0 Å². The Morgan fingerprint density at radius 1 is 1.13 bits per heavy atom. The topological polar surface area (TPSA) is 58.4 Å². The highest BCUT2D eigenvalue weighted by Crippen LogP contribution is 2.29. The Morgan fingerprint density at radius 2 is 1.90 bits per heavy atom. The van der Waals surface area contributed by atoms with Crippen molar-refractivity contribution < 1.29 is 14.2 Å². The zero-order valence-corrected chi connectivity index (χ0v) is 19.3. The van der Waals surface area contributed by atoms with Gasteiger partial charge in [0.1, 0.15) is 18.1 Å². The van der Waals surface area contributed by atoms with Crippen molar-refractivity contribution in [3.63, 3.8) is 0 Å². The monoisotopic (exact) mass is 459 g/mol. The first-order valence-corrected chi connectivity index (χ1v) is 11.8. The van der Waals surface area contributed by atoms with Crippen molar-refractivity contribution in [2.75, 3.05) is 25.6 Å². The largest absolute Gasteiger partial charge is 0.494 e. The molecule has 0 saturated carbocycles. The van der Waals surface area contributed by atoms with Crippen LogP contribution in [0.2, 0.25) is 5.02 Å². The zero-order valence-electron chi connectivity index (χ0n) is 17.7. The molecule has 1 atom stereocenters. The maximum Gasteiger partial charge on any atom is 0.195 e. The fourth-order valence-corrected chi connectivity index (χ4v) is 4.58. The van der Waals surface area contributed by atoms with Crippen LogP contribution in [0.25, 0.3) is 5.69 Å². The van der Waals surface area contributed by atoms with Gasteiger partial charge in [-0.25, -0.2) is 0 Å². The van der Waals surface area contributed by atoms with Crippen LogP contribution < -0.4 is 9.47 Å². The molecule has 0 N–H and O–H groups in total. The van der Waals surface area contributed by atoms with E-state index in [-0.39, 0.29) is 0 Å². The van der Waals surface area contributed by atoms with Gasteiger partial charge in [0.2, 0.25) is 0 Å². The average Bonchev–Trinajstić information content (AvgIpc) is 3.44. The first-order valence-electron chi connectivity index (χ1n) is 10.4. The van der Waals surface area contributed by atoms with Crippen molar-refractivity contribution in [1.82, 2.24) is 14.8 Å². The molecule has 6 nitrogen and oxygen atoms in total. The van der Waals surface area contributed by atoms with Crippen molar-refractivity contribution in [3.8, 4) is 17.2 Å². The Balaban J connectivity index is 1.54. The summed E-state index contributed by atoms with van der Waals surface area (Å²) in [5, 5.41) is 10.4. The van der Waals surface area contributed by atoms with E-state index in [1.54, 1.807) is 11.8 Å². The Kier molecular flexibility index (Phi) is 7.37. The summed E-state index contributed by atoms with van der Waals surface area (Å²) < 4.78 is 19.0. The quantitative estimate of drug-likeness (QED) is 0.403. The van der Waals surface area contributed by atoms with Crippen LogP contribution in [-0.2, 0) is 11.3 Å². The lowest BCUT2D eigenvalue weighted by Crippen LogP contribution is -2.08. The third kappa shape index (κ3) is 5.53. The number of thioether (sulfide) groups is 1. The Bertz CT molecular complexity index is 1000. The molecule has 1 saturated heterocycles. The Labute approximate surface area is 191 Å². The Morgan fingerprint density at radius 3 is 2.58 bits per heavy atom. The number of benzene rings is 2. The maximum atomic E-state index is 6.41. The number of aryl methyl sites for hydroxylation is 1. The molecule has 1 aliphatic heterocycles. The predicted molar refractivity (Wildman–Crippen MR) is 123 cm³/mol. The Hall–Kier alpha value is -2.22. The molecule has 0 bridgehead atoms. The second kappa shape index (κ2) is 10.4. The van der Waals surface area contributed by atoms with E-state index in [1.807, 2.05) is 60.9 Å². The minimum Gasteiger partial charge on any atom is -0.494 e. The summed E-state index contributed by atoms with van der Waals surface area (Å²) in [5.41, 5.74) is 1.96. The van der Waals surface area contributed by atoms with E-state index in [0.29, 0.717) is 24.2 Å². The number of ether oxygens (including phenoxy) is 3. The van der Waals surface area contributed by atoms with Crippen molar-refractivity contribution in [3.05, 3.63) is 58.9 Å². The summed E-state index contributed by atoms with van der Waals surface area (Å²) in [4.78, 5) is 0. The predicted octanol–water partition coefficient (Wildman–Crippen LogP) is 5.34. The molecule has 1 fully saturated rings. The molecule has 0 amide bonds. The van der Waals surface area contributed by atoms with E-state index in [1.165, 1.54) is 0 Å². The highest BCUT2D eigenvalue weighted by molar-refractivity contribution is 7.99. The number of nitrogens with zero attached hydrogens (tertiary/aromatic N) is 3. The molecule has 1 unspecified atom stereocenters. The van der Waals surface area contributed by atoms with Gasteiger partial charge >= 0.3 is 0 Å². The third-order valence-electron chi connectivity index (χ3n) is 5.09. The van der Waals surface area contributed by atoms with Crippen LogP contribution in [-0.4, -0.2) is 40.3 Å². The summed E-state index contributed by atoms with van der Waals surface area (Å²) in [6.07, 6.45) is 1.09. The first-order chi connectivity index (χ1) is 15.1. The minimum absolute atomic E-state index is 0.291. The molecule has 0 radical (unpaired) electrons. The summed E-state index contributed by atoms with van der Waals surface area (Å²) in [5.74, 6) is 3.77. The van der Waals surface area contributed by atoms with Gasteiger partial charge in [-0.2, -0.15) is 0 Å². The molecule has 2 aromatic carbocycles. The van der Waals surface area contributed by atoms with E-state index in [2.05, 4.69) is 10.2 Å². The van der Waals surface area contributed by atoms with Gasteiger partial charge in [-0.15, -0.1) is 10.2 Å². The number of rotatable bonds is 9. The molecule has 0 spiro atoms. The smallest absolute Gasteiger partial charge is 0.195 e. The lowest BCUT2D eigenvalue weighted by molar-refractivity contribution is 0.189. The fourth-order valence-electron chi connectivity index (χ4n) is 3.32. The van der Waals surface area contributed by atoms with Gasteiger partial charge in [-0.1, -0.05) is 29.4 Å². The number of halogens is 1. The van der Waals surface area contributed by atoms with Crippen molar-refractivity contribution in [1.29, 1.82) is 0 Å². The van der Waals surface area contributed by atoms with Gasteiger partial charge < -0.3 is 14.2 Å². The second-order valence-corrected chi connectivity index (χ2v) is 8.80. The maximum absolute atomic E-state index is 6.41. The van der Waals surface area contributed by atoms with Crippen LogP contribution in [0, 0.1) is 12.8 Å². The molecular formula is C23H26ClN3O3S. The summed E-state index contributed by atoms with van der Waals surface area (Å²) in [6.45, 7) is 6.53. The molecule has 0 aliphatic carbocycles. The SMILES string of the molecule is CCOc1ccc(OCc2nnc(SCC3CCOC3)n2-c2ccc(C)c(Cl)c2)cc1. The molecule has 31 heavy (non-hydrogen) atoms.